The smallest absolute Gasteiger partial charge is 0.191 e. The number of rotatable bonds is 5. The minimum atomic E-state index is 0.170. The summed E-state index contributed by atoms with van der Waals surface area (Å²) in [6.45, 7) is 11.6. The number of aliphatic imine (C=N–C) groups is 1. The second-order valence-electron chi connectivity index (χ2n) is 9.03. The van der Waals surface area contributed by atoms with E-state index in [9.17, 15) is 0 Å². The Hall–Kier alpha value is -1.66. The van der Waals surface area contributed by atoms with Crippen LogP contribution in [0.4, 0.5) is 0 Å². The van der Waals surface area contributed by atoms with Gasteiger partial charge in [-0.3, -0.25) is 14.9 Å². The van der Waals surface area contributed by atoms with Gasteiger partial charge < -0.3 is 15.4 Å². The van der Waals surface area contributed by atoms with Gasteiger partial charge >= 0.3 is 0 Å². The lowest BCUT2D eigenvalue weighted by molar-refractivity contribution is -0.106. The second kappa shape index (κ2) is 8.37. The quantitative estimate of drug-likeness (QED) is 0.602. The number of pyridine rings is 1. The zero-order valence-corrected chi connectivity index (χ0v) is 17.5. The van der Waals surface area contributed by atoms with Crippen LogP contribution in [0.1, 0.15) is 45.7 Å². The Balaban J connectivity index is 1.28. The zero-order chi connectivity index (χ0) is 19.6. The SMILES string of the molecule is CCN=C(NC1CCN(Cc2ccccn2)CC1)NC1C2CCOC2C1(C)C. The first-order valence-electron chi connectivity index (χ1n) is 10.9. The Morgan fingerprint density at radius 1 is 1.25 bits per heavy atom. The van der Waals surface area contributed by atoms with Crippen molar-refractivity contribution in [3.63, 3.8) is 0 Å². The predicted octanol–water partition coefficient (Wildman–Crippen LogP) is 2.41. The molecule has 2 saturated heterocycles. The summed E-state index contributed by atoms with van der Waals surface area (Å²) in [5.74, 6) is 1.60. The zero-order valence-electron chi connectivity index (χ0n) is 17.5. The number of piperidine rings is 1. The summed E-state index contributed by atoms with van der Waals surface area (Å²) in [6.07, 6.45) is 5.73. The molecule has 1 saturated carbocycles. The van der Waals surface area contributed by atoms with Crippen LogP contribution in [0.5, 0.6) is 0 Å². The monoisotopic (exact) mass is 385 g/mol. The highest BCUT2D eigenvalue weighted by atomic mass is 16.5. The number of guanidine groups is 1. The third-order valence-electron chi connectivity index (χ3n) is 6.75. The molecule has 154 valence electrons. The summed E-state index contributed by atoms with van der Waals surface area (Å²) in [7, 11) is 0. The number of nitrogens with one attached hydrogen (secondary N) is 2. The molecule has 3 unspecified atom stereocenters. The molecule has 0 amide bonds. The van der Waals surface area contributed by atoms with Gasteiger partial charge in [-0.05, 0) is 38.3 Å². The van der Waals surface area contributed by atoms with E-state index < -0.39 is 0 Å². The number of aromatic nitrogens is 1. The van der Waals surface area contributed by atoms with Crippen LogP contribution in [-0.4, -0.2) is 60.3 Å². The van der Waals surface area contributed by atoms with Crippen LogP contribution in [-0.2, 0) is 11.3 Å². The van der Waals surface area contributed by atoms with Crippen molar-refractivity contribution in [2.24, 2.45) is 16.3 Å². The maximum Gasteiger partial charge on any atom is 0.191 e. The molecule has 6 nitrogen and oxygen atoms in total. The highest BCUT2D eigenvalue weighted by Gasteiger charge is 2.59. The Morgan fingerprint density at radius 2 is 2.07 bits per heavy atom. The van der Waals surface area contributed by atoms with E-state index >= 15 is 0 Å². The van der Waals surface area contributed by atoms with E-state index in [2.05, 4.69) is 53.4 Å². The summed E-state index contributed by atoms with van der Waals surface area (Å²) in [5.41, 5.74) is 1.33. The molecule has 1 aliphatic carbocycles. The maximum absolute atomic E-state index is 5.94. The molecule has 6 heteroatoms. The normalized spacial score (nSPS) is 30.5. The second-order valence-corrected chi connectivity index (χ2v) is 9.03. The molecule has 0 radical (unpaired) electrons. The van der Waals surface area contributed by atoms with Crippen molar-refractivity contribution in [2.75, 3.05) is 26.2 Å². The van der Waals surface area contributed by atoms with Gasteiger partial charge in [0.15, 0.2) is 5.96 Å². The Labute approximate surface area is 169 Å². The Kier molecular flexibility index (Phi) is 5.88. The van der Waals surface area contributed by atoms with Crippen LogP contribution in [0.25, 0.3) is 0 Å². The van der Waals surface area contributed by atoms with Crippen molar-refractivity contribution >= 4 is 5.96 Å². The first kappa shape index (κ1) is 19.6. The number of likely N-dealkylation sites (tertiary alicyclic amines) is 1. The van der Waals surface area contributed by atoms with Crippen molar-refractivity contribution in [1.29, 1.82) is 0 Å². The van der Waals surface area contributed by atoms with E-state index in [1.807, 2.05) is 12.3 Å². The van der Waals surface area contributed by atoms with E-state index in [-0.39, 0.29) is 5.41 Å². The molecule has 4 rings (SSSR count). The van der Waals surface area contributed by atoms with E-state index in [4.69, 9.17) is 9.73 Å². The van der Waals surface area contributed by atoms with Crippen molar-refractivity contribution in [1.82, 2.24) is 20.5 Å². The van der Waals surface area contributed by atoms with Crippen LogP contribution in [0.2, 0.25) is 0 Å². The van der Waals surface area contributed by atoms with Gasteiger partial charge in [-0.2, -0.15) is 0 Å². The lowest BCUT2D eigenvalue weighted by atomic mass is 9.57. The predicted molar refractivity (Wildman–Crippen MR) is 112 cm³/mol. The van der Waals surface area contributed by atoms with Gasteiger partial charge in [-0.15, -0.1) is 0 Å². The number of hydrogen-bond acceptors (Lipinski definition) is 4. The number of ether oxygens (including phenoxy) is 1. The molecular formula is C22H35N5O. The molecular weight excluding hydrogens is 350 g/mol. The van der Waals surface area contributed by atoms with E-state index in [0.29, 0.717) is 24.1 Å². The van der Waals surface area contributed by atoms with Gasteiger partial charge in [0.2, 0.25) is 0 Å². The Bertz CT molecular complexity index is 669. The topological polar surface area (TPSA) is 61.8 Å². The molecule has 1 aromatic heterocycles. The average Bonchev–Trinajstić information content (AvgIpc) is 3.16. The van der Waals surface area contributed by atoms with Crippen molar-refractivity contribution in [3.05, 3.63) is 30.1 Å². The molecule has 3 heterocycles. The molecule has 0 spiro atoms. The lowest BCUT2D eigenvalue weighted by Crippen LogP contribution is -2.68. The van der Waals surface area contributed by atoms with Gasteiger partial charge in [-0.1, -0.05) is 19.9 Å². The number of fused-ring (bicyclic) bond motifs is 1. The van der Waals surface area contributed by atoms with Crippen molar-refractivity contribution in [2.45, 2.75) is 64.8 Å². The van der Waals surface area contributed by atoms with E-state index in [1.54, 1.807) is 0 Å². The Morgan fingerprint density at radius 3 is 2.79 bits per heavy atom. The molecule has 2 N–H and O–H groups in total. The average molecular weight is 386 g/mol. The van der Waals surface area contributed by atoms with Crippen LogP contribution in [0.3, 0.4) is 0 Å². The largest absolute Gasteiger partial charge is 0.377 e. The molecule has 3 aliphatic rings. The highest BCUT2D eigenvalue weighted by molar-refractivity contribution is 5.80. The van der Waals surface area contributed by atoms with Crippen molar-refractivity contribution < 1.29 is 4.74 Å². The fourth-order valence-corrected chi connectivity index (χ4v) is 5.21. The van der Waals surface area contributed by atoms with E-state index in [0.717, 1.165) is 63.7 Å². The van der Waals surface area contributed by atoms with Crippen LogP contribution in [0, 0.1) is 11.3 Å². The molecule has 2 aliphatic heterocycles. The summed E-state index contributed by atoms with van der Waals surface area (Å²) in [4.78, 5) is 11.7. The standard InChI is InChI=1S/C22H35N5O/c1-4-23-21(26-19-18-10-14-28-20(18)22(19,2)3)25-16-8-12-27(13-9-16)15-17-7-5-6-11-24-17/h5-7,11,16,18-20H,4,8-10,12-15H2,1-3H3,(H2,23,25,26). The molecule has 0 bridgehead atoms. The highest BCUT2D eigenvalue weighted by Crippen LogP contribution is 2.52. The van der Waals surface area contributed by atoms with Gasteiger partial charge in [0.25, 0.3) is 0 Å². The summed E-state index contributed by atoms with van der Waals surface area (Å²) in [5, 5.41) is 7.46. The molecule has 1 aromatic rings. The molecule has 28 heavy (non-hydrogen) atoms. The fourth-order valence-electron chi connectivity index (χ4n) is 5.21. The first-order chi connectivity index (χ1) is 13.6. The maximum atomic E-state index is 5.94. The third kappa shape index (κ3) is 4.03. The van der Waals surface area contributed by atoms with Crippen LogP contribution in [0.15, 0.2) is 29.4 Å². The molecule has 3 atom stereocenters. The van der Waals surface area contributed by atoms with Gasteiger partial charge in [0.05, 0.1) is 11.8 Å². The molecule has 3 fully saturated rings. The van der Waals surface area contributed by atoms with Crippen LogP contribution >= 0.6 is 0 Å². The molecule has 0 aromatic carbocycles. The third-order valence-corrected chi connectivity index (χ3v) is 6.75. The first-order valence-corrected chi connectivity index (χ1v) is 10.9. The van der Waals surface area contributed by atoms with Gasteiger partial charge in [0.1, 0.15) is 0 Å². The summed E-state index contributed by atoms with van der Waals surface area (Å²) < 4.78 is 5.94. The van der Waals surface area contributed by atoms with Gasteiger partial charge in [0, 0.05) is 62.4 Å². The van der Waals surface area contributed by atoms with Gasteiger partial charge in [-0.25, -0.2) is 0 Å². The number of hydrogen-bond donors (Lipinski definition) is 2. The fraction of sp³-hybridized carbons (Fsp3) is 0.727. The minimum Gasteiger partial charge on any atom is -0.377 e. The minimum absolute atomic E-state index is 0.170. The lowest BCUT2D eigenvalue weighted by Gasteiger charge is -2.55. The van der Waals surface area contributed by atoms with E-state index in [1.165, 1.54) is 0 Å². The van der Waals surface area contributed by atoms with Crippen molar-refractivity contribution in [3.8, 4) is 0 Å². The van der Waals surface area contributed by atoms with Crippen LogP contribution < -0.4 is 10.6 Å². The number of nitrogens with zero attached hydrogens (tertiary/aromatic N) is 3. The summed E-state index contributed by atoms with van der Waals surface area (Å²) >= 11 is 0. The summed E-state index contributed by atoms with van der Waals surface area (Å²) in [6, 6.07) is 7.08.